The van der Waals surface area contributed by atoms with E-state index < -0.39 is 6.04 Å². The van der Waals surface area contributed by atoms with Crippen LogP contribution in [-0.4, -0.2) is 17.4 Å². The molecule has 1 amide bonds. The van der Waals surface area contributed by atoms with Gasteiger partial charge in [0, 0.05) is 4.47 Å². The molecule has 0 saturated carbocycles. The Balaban J connectivity index is 1.70. The fraction of sp³-hybridized carbons (Fsp3) is 0.200. The number of hydrogen-bond acceptors (Lipinski definition) is 5. The van der Waals surface area contributed by atoms with Gasteiger partial charge in [-0.05, 0) is 54.4 Å². The van der Waals surface area contributed by atoms with Crippen LogP contribution in [0.4, 0.5) is 0 Å². The quantitative estimate of drug-likeness (QED) is 0.345. The standard InChI is InChI=1S/C25H20BrNO5/c1-2-10-30-17-6-3-5-15(12-17)22-21-23(28)19-13-16(26)8-9-20(19)32-24(21)25(29)27(22)14-18-7-4-11-31-18/h3-9,11-13,22H,2,10,14H2,1H3. The molecule has 5 rings (SSSR count). The first kappa shape index (κ1) is 20.6. The van der Waals surface area contributed by atoms with E-state index in [2.05, 4.69) is 15.9 Å². The van der Waals surface area contributed by atoms with Crippen molar-refractivity contribution >= 4 is 32.8 Å². The van der Waals surface area contributed by atoms with Crippen molar-refractivity contribution < 1.29 is 18.4 Å². The summed E-state index contributed by atoms with van der Waals surface area (Å²) in [6.07, 6.45) is 2.44. The first-order chi connectivity index (χ1) is 15.6. The summed E-state index contributed by atoms with van der Waals surface area (Å²) in [5.74, 6) is 1.04. The van der Waals surface area contributed by atoms with Crippen LogP contribution in [0.3, 0.4) is 0 Å². The van der Waals surface area contributed by atoms with E-state index in [1.807, 2.05) is 31.2 Å². The number of halogens is 1. The van der Waals surface area contributed by atoms with Gasteiger partial charge in [-0.1, -0.05) is 35.0 Å². The third kappa shape index (κ3) is 3.52. The lowest BCUT2D eigenvalue weighted by molar-refractivity contribution is 0.0701. The van der Waals surface area contributed by atoms with Crippen molar-refractivity contribution in [2.75, 3.05) is 6.61 Å². The monoisotopic (exact) mass is 493 g/mol. The minimum absolute atomic E-state index is 0.0706. The van der Waals surface area contributed by atoms with E-state index in [1.54, 1.807) is 41.5 Å². The Hall–Kier alpha value is -3.32. The molecule has 2 aromatic heterocycles. The molecule has 162 valence electrons. The predicted molar refractivity (Wildman–Crippen MR) is 123 cm³/mol. The molecule has 0 bridgehead atoms. The highest BCUT2D eigenvalue weighted by atomic mass is 79.9. The van der Waals surface area contributed by atoms with Crippen molar-refractivity contribution in [3.8, 4) is 5.75 Å². The molecule has 0 saturated heterocycles. The Bertz CT molecular complexity index is 1360. The normalized spacial score (nSPS) is 15.4. The van der Waals surface area contributed by atoms with E-state index >= 15 is 0 Å². The smallest absolute Gasteiger partial charge is 0.291 e. The number of ether oxygens (including phenoxy) is 1. The summed E-state index contributed by atoms with van der Waals surface area (Å²) >= 11 is 3.42. The second-order valence-corrected chi connectivity index (χ2v) is 8.57. The van der Waals surface area contributed by atoms with Crippen molar-refractivity contribution in [3.05, 3.63) is 98.2 Å². The van der Waals surface area contributed by atoms with Gasteiger partial charge in [-0.25, -0.2) is 0 Å². The van der Waals surface area contributed by atoms with Crippen LogP contribution >= 0.6 is 15.9 Å². The topological polar surface area (TPSA) is 72.9 Å². The summed E-state index contributed by atoms with van der Waals surface area (Å²) < 4.78 is 18.0. The average molecular weight is 494 g/mol. The Morgan fingerprint density at radius 2 is 1.97 bits per heavy atom. The van der Waals surface area contributed by atoms with E-state index in [0.717, 1.165) is 16.5 Å². The Labute approximate surface area is 192 Å². The lowest BCUT2D eigenvalue weighted by Gasteiger charge is -2.24. The molecule has 1 atom stereocenters. The Morgan fingerprint density at radius 3 is 2.75 bits per heavy atom. The van der Waals surface area contributed by atoms with Crippen LogP contribution in [-0.2, 0) is 6.54 Å². The first-order valence-corrected chi connectivity index (χ1v) is 11.2. The number of nitrogens with zero attached hydrogens (tertiary/aromatic N) is 1. The maximum Gasteiger partial charge on any atom is 0.291 e. The van der Waals surface area contributed by atoms with Crippen molar-refractivity contribution in [3.63, 3.8) is 0 Å². The van der Waals surface area contributed by atoms with Crippen molar-refractivity contribution in [2.24, 2.45) is 0 Å². The lowest BCUT2D eigenvalue weighted by atomic mass is 9.98. The molecule has 6 nitrogen and oxygen atoms in total. The maximum absolute atomic E-state index is 13.6. The molecular formula is C25H20BrNO5. The highest BCUT2D eigenvalue weighted by Crippen LogP contribution is 2.40. The van der Waals surface area contributed by atoms with Gasteiger partial charge >= 0.3 is 0 Å². The van der Waals surface area contributed by atoms with Crippen LogP contribution in [0.1, 0.15) is 46.8 Å². The molecule has 2 aromatic carbocycles. The Morgan fingerprint density at radius 1 is 1.09 bits per heavy atom. The van der Waals surface area contributed by atoms with Crippen LogP contribution in [0.25, 0.3) is 11.0 Å². The maximum atomic E-state index is 13.6. The molecule has 0 fully saturated rings. The fourth-order valence-corrected chi connectivity index (χ4v) is 4.43. The van der Waals surface area contributed by atoms with Crippen LogP contribution in [0, 0.1) is 0 Å². The van der Waals surface area contributed by atoms with Gasteiger partial charge in [0.15, 0.2) is 5.43 Å². The summed E-state index contributed by atoms with van der Waals surface area (Å²) in [5.41, 5.74) is 1.27. The van der Waals surface area contributed by atoms with Gasteiger partial charge < -0.3 is 18.5 Å². The zero-order valence-corrected chi connectivity index (χ0v) is 18.9. The number of fused-ring (bicyclic) bond motifs is 2. The molecule has 1 aliphatic rings. The summed E-state index contributed by atoms with van der Waals surface area (Å²) in [4.78, 5) is 28.6. The van der Waals surface area contributed by atoms with Crippen LogP contribution in [0.5, 0.6) is 5.75 Å². The number of benzene rings is 2. The molecule has 0 radical (unpaired) electrons. The molecule has 0 N–H and O–H groups in total. The number of rotatable bonds is 6. The van der Waals surface area contributed by atoms with Gasteiger partial charge in [-0.2, -0.15) is 0 Å². The van der Waals surface area contributed by atoms with Gasteiger partial charge in [0.2, 0.25) is 5.76 Å². The Kier molecular flexibility index (Phi) is 5.35. The second kappa shape index (κ2) is 8.31. The lowest BCUT2D eigenvalue weighted by Crippen LogP contribution is -2.29. The van der Waals surface area contributed by atoms with Gasteiger partial charge in [-0.15, -0.1) is 0 Å². The van der Waals surface area contributed by atoms with E-state index in [0.29, 0.717) is 34.6 Å². The predicted octanol–water partition coefficient (Wildman–Crippen LogP) is 5.68. The third-order valence-corrected chi connectivity index (χ3v) is 5.97. The number of carbonyl (C=O) groups excluding carboxylic acids is 1. The molecule has 32 heavy (non-hydrogen) atoms. The molecule has 0 aliphatic carbocycles. The molecule has 3 heterocycles. The summed E-state index contributed by atoms with van der Waals surface area (Å²) in [7, 11) is 0. The molecule has 0 spiro atoms. The molecular weight excluding hydrogens is 474 g/mol. The number of hydrogen-bond donors (Lipinski definition) is 0. The van der Waals surface area contributed by atoms with E-state index in [-0.39, 0.29) is 23.6 Å². The third-order valence-electron chi connectivity index (χ3n) is 5.48. The van der Waals surface area contributed by atoms with Crippen LogP contribution in [0.2, 0.25) is 0 Å². The zero-order valence-electron chi connectivity index (χ0n) is 17.3. The van der Waals surface area contributed by atoms with Gasteiger partial charge in [0.05, 0.1) is 36.4 Å². The largest absolute Gasteiger partial charge is 0.494 e. The minimum atomic E-state index is -0.618. The van der Waals surface area contributed by atoms with E-state index in [4.69, 9.17) is 13.6 Å². The number of carbonyl (C=O) groups is 1. The van der Waals surface area contributed by atoms with Crippen molar-refractivity contribution in [1.82, 2.24) is 4.90 Å². The first-order valence-electron chi connectivity index (χ1n) is 10.4. The van der Waals surface area contributed by atoms with Crippen molar-refractivity contribution in [1.29, 1.82) is 0 Å². The summed E-state index contributed by atoms with van der Waals surface area (Å²) in [5, 5.41) is 0.425. The van der Waals surface area contributed by atoms with Crippen molar-refractivity contribution in [2.45, 2.75) is 25.9 Å². The van der Waals surface area contributed by atoms with Gasteiger partial charge in [-0.3, -0.25) is 9.59 Å². The van der Waals surface area contributed by atoms with Gasteiger partial charge in [0.1, 0.15) is 17.1 Å². The second-order valence-electron chi connectivity index (χ2n) is 7.65. The van der Waals surface area contributed by atoms with E-state index in [1.165, 1.54) is 0 Å². The fourth-order valence-electron chi connectivity index (χ4n) is 4.07. The van der Waals surface area contributed by atoms with E-state index in [9.17, 15) is 9.59 Å². The summed E-state index contributed by atoms with van der Waals surface area (Å²) in [6, 6.07) is 15.7. The molecule has 1 unspecified atom stereocenters. The van der Waals surface area contributed by atoms with Crippen LogP contribution in [0.15, 0.2) is 79.0 Å². The average Bonchev–Trinajstić information content (AvgIpc) is 3.41. The minimum Gasteiger partial charge on any atom is -0.494 e. The highest BCUT2D eigenvalue weighted by Gasteiger charge is 2.43. The SMILES string of the molecule is CCCOc1cccc(C2c3c(oc4ccc(Br)cc4c3=O)C(=O)N2Cc2ccco2)c1. The number of furan rings is 1. The molecule has 4 aromatic rings. The molecule has 7 heteroatoms. The summed E-state index contributed by atoms with van der Waals surface area (Å²) in [6.45, 7) is 2.83. The van der Waals surface area contributed by atoms with Crippen LogP contribution < -0.4 is 10.2 Å². The van der Waals surface area contributed by atoms with Gasteiger partial charge in [0.25, 0.3) is 5.91 Å². The highest BCUT2D eigenvalue weighted by molar-refractivity contribution is 9.10. The zero-order chi connectivity index (χ0) is 22.2. The number of amides is 1. The molecule has 1 aliphatic heterocycles.